The summed E-state index contributed by atoms with van der Waals surface area (Å²) in [7, 11) is 0. The average molecular weight is 377 g/mol. The summed E-state index contributed by atoms with van der Waals surface area (Å²) in [5.41, 5.74) is 2.17. The number of carbonyl (C=O) groups excluding carboxylic acids is 1. The van der Waals surface area contributed by atoms with Crippen LogP contribution in [0.2, 0.25) is 0 Å². The normalized spacial score (nSPS) is 19.2. The number of amides is 1. The lowest BCUT2D eigenvalue weighted by atomic mass is 10.0. The number of halogens is 2. The predicted octanol–water partition coefficient (Wildman–Crippen LogP) is 4.00. The lowest BCUT2D eigenvalue weighted by Crippen LogP contribution is -2.36. The number of benzene rings is 1. The third kappa shape index (κ3) is 5.60. The Morgan fingerprint density at radius 3 is 2.70 bits per heavy atom. The molecule has 0 radical (unpaired) electrons. The van der Waals surface area contributed by atoms with E-state index in [0.717, 1.165) is 5.56 Å². The summed E-state index contributed by atoms with van der Waals surface area (Å²) in [5.74, 6) is -1.98. The van der Waals surface area contributed by atoms with E-state index >= 15 is 0 Å². The van der Waals surface area contributed by atoms with E-state index in [1.807, 2.05) is 24.3 Å². The van der Waals surface area contributed by atoms with Gasteiger partial charge < -0.3 is 10.1 Å². The first-order chi connectivity index (χ1) is 12.8. The number of anilines is 1. The van der Waals surface area contributed by atoms with Gasteiger partial charge in [-0.2, -0.15) is 5.10 Å². The molecule has 0 aliphatic carbocycles. The topological polar surface area (TPSA) is 56.2 Å². The summed E-state index contributed by atoms with van der Waals surface area (Å²) < 4.78 is 33.0. The summed E-state index contributed by atoms with van der Waals surface area (Å²) in [6.45, 7) is 4.10. The molecule has 1 aromatic heterocycles. The van der Waals surface area contributed by atoms with E-state index in [2.05, 4.69) is 24.3 Å². The van der Waals surface area contributed by atoms with Gasteiger partial charge in [-0.3, -0.25) is 9.48 Å². The zero-order valence-electron chi connectivity index (χ0n) is 15.6. The average Bonchev–Trinajstić information content (AvgIpc) is 3.04. The molecule has 1 aromatic carbocycles. The molecule has 146 valence electrons. The molecule has 1 fully saturated rings. The summed E-state index contributed by atoms with van der Waals surface area (Å²) in [4.78, 5) is 12.2. The first-order valence-corrected chi connectivity index (χ1v) is 9.22. The van der Waals surface area contributed by atoms with Gasteiger partial charge in [-0.15, -0.1) is 0 Å². The van der Waals surface area contributed by atoms with Crippen LogP contribution in [0.3, 0.4) is 0 Å². The summed E-state index contributed by atoms with van der Waals surface area (Å²) >= 11 is 0. The van der Waals surface area contributed by atoms with E-state index in [9.17, 15) is 13.6 Å². The Labute approximate surface area is 157 Å². The lowest BCUT2D eigenvalue weighted by molar-refractivity contribution is -0.147. The Balaban J connectivity index is 1.49. The monoisotopic (exact) mass is 377 g/mol. The van der Waals surface area contributed by atoms with Crippen molar-refractivity contribution in [3.8, 4) is 0 Å². The van der Waals surface area contributed by atoms with Crippen molar-refractivity contribution in [1.82, 2.24) is 9.78 Å². The molecule has 0 spiro atoms. The van der Waals surface area contributed by atoms with E-state index in [0.29, 0.717) is 24.7 Å². The first kappa shape index (κ1) is 19.5. The second-order valence-electron chi connectivity index (χ2n) is 7.37. The van der Waals surface area contributed by atoms with Gasteiger partial charge in [0.1, 0.15) is 6.61 Å². The highest BCUT2D eigenvalue weighted by molar-refractivity contribution is 5.91. The fourth-order valence-electron chi connectivity index (χ4n) is 3.04. The molecule has 0 saturated carbocycles. The van der Waals surface area contributed by atoms with E-state index in [-0.39, 0.29) is 24.9 Å². The van der Waals surface area contributed by atoms with Crippen molar-refractivity contribution in [2.24, 2.45) is 0 Å². The van der Waals surface area contributed by atoms with E-state index in [1.165, 1.54) is 5.56 Å². The number of nitrogens with one attached hydrogen (secondary N) is 1. The maximum absolute atomic E-state index is 13.1. The Kier molecular flexibility index (Phi) is 5.89. The van der Waals surface area contributed by atoms with Crippen molar-refractivity contribution in [2.45, 2.75) is 57.6 Å². The molecule has 0 bridgehead atoms. The van der Waals surface area contributed by atoms with Crippen LogP contribution in [0.1, 0.15) is 43.7 Å². The van der Waals surface area contributed by atoms with Gasteiger partial charge in [0, 0.05) is 18.7 Å². The molecule has 1 aliphatic heterocycles. The fraction of sp³-hybridized carbons (Fsp3) is 0.500. The van der Waals surface area contributed by atoms with Gasteiger partial charge in [0.25, 0.3) is 5.92 Å². The van der Waals surface area contributed by atoms with Gasteiger partial charge in [0.15, 0.2) is 5.82 Å². The maximum atomic E-state index is 13.1. The highest BCUT2D eigenvalue weighted by atomic mass is 19.3. The third-order valence-electron chi connectivity index (χ3n) is 4.67. The van der Waals surface area contributed by atoms with Crippen molar-refractivity contribution in [3.63, 3.8) is 0 Å². The van der Waals surface area contributed by atoms with Crippen LogP contribution in [-0.2, 0) is 22.5 Å². The van der Waals surface area contributed by atoms with Gasteiger partial charge in [-0.05, 0) is 23.5 Å². The number of ether oxygens (including phenoxy) is 1. The zero-order valence-corrected chi connectivity index (χ0v) is 15.6. The molecule has 27 heavy (non-hydrogen) atoms. The summed E-state index contributed by atoms with van der Waals surface area (Å²) in [6, 6.07) is 9.69. The minimum absolute atomic E-state index is 0.147. The summed E-state index contributed by atoms with van der Waals surface area (Å²) in [5, 5.41) is 7.04. The summed E-state index contributed by atoms with van der Waals surface area (Å²) in [6.07, 6.45) is 1.82. The quantitative estimate of drug-likeness (QED) is 0.828. The van der Waals surface area contributed by atoms with Gasteiger partial charge >= 0.3 is 0 Å². The van der Waals surface area contributed by atoms with Crippen LogP contribution in [0.4, 0.5) is 14.6 Å². The number of nitrogens with zero attached hydrogens (tertiary/aromatic N) is 2. The van der Waals surface area contributed by atoms with Crippen molar-refractivity contribution >= 4 is 11.7 Å². The van der Waals surface area contributed by atoms with Gasteiger partial charge in [0.2, 0.25) is 5.91 Å². The minimum Gasteiger partial charge on any atom is -0.370 e. The van der Waals surface area contributed by atoms with E-state index in [1.54, 1.807) is 16.9 Å². The highest BCUT2D eigenvalue weighted by Gasteiger charge is 2.35. The Bertz CT molecular complexity index is 762. The number of aromatic nitrogens is 2. The van der Waals surface area contributed by atoms with Crippen LogP contribution < -0.4 is 5.32 Å². The highest BCUT2D eigenvalue weighted by Crippen LogP contribution is 2.28. The molecule has 5 nitrogen and oxygen atoms in total. The largest absolute Gasteiger partial charge is 0.370 e. The van der Waals surface area contributed by atoms with Gasteiger partial charge in [0.05, 0.1) is 19.1 Å². The van der Waals surface area contributed by atoms with Crippen LogP contribution in [0.25, 0.3) is 0 Å². The van der Waals surface area contributed by atoms with Crippen LogP contribution in [0.15, 0.2) is 36.5 Å². The van der Waals surface area contributed by atoms with Crippen LogP contribution in [-0.4, -0.2) is 34.3 Å². The van der Waals surface area contributed by atoms with Gasteiger partial charge in [-0.25, -0.2) is 8.78 Å². The van der Waals surface area contributed by atoms with Crippen molar-refractivity contribution in [3.05, 3.63) is 47.7 Å². The molecule has 1 amide bonds. The zero-order chi connectivity index (χ0) is 19.4. The van der Waals surface area contributed by atoms with Crippen LogP contribution >= 0.6 is 0 Å². The van der Waals surface area contributed by atoms with Gasteiger partial charge in [-0.1, -0.05) is 38.1 Å². The van der Waals surface area contributed by atoms with Crippen molar-refractivity contribution in [1.29, 1.82) is 0 Å². The fourth-order valence-corrected chi connectivity index (χ4v) is 3.04. The molecule has 2 heterocycles. The van der Waals surface area contributed by atoms with E-state index < -0.39 is 12.5 Å². The molecule has 7 heteroatoms. The second kappa shape index (κ2) is 8.17. The standard InChI is InChI=1S/C20H25F2N3O2/c1-14(2)16-5-3-15(4-6-16)11-19(26)23-18-8-10-25(24-18)12-17-7-9-20(21,22)13-27-17/h3-6,8,10,14,17H,7,9,11-13H2,1-2H3,(H,23,24,26). The smallest absolute Gasteiger partial charge is 0.271 e. The molecule has 2 aromatic rings. The number of carbonyl (C=O) groups is 1. The molecular formula is C20H25F2N3O2. The third-order valence-corrected chi connectivity index (χ3v) is 4.67. The Morgan fingerprint density at radius 2 is 2.07 bits per heavy atom. The van der Waals surface area contributed by atoms with E-state index in [4.69, 9.17) is 4.74 Å². The molecule has 1 unspecified atom stereocenters. The molecule has 3 rings (SSSR count). The molecular weight excluding hydrogens is 352 g/mol. The lowest BCUT2D eigenvalue weighted by Gasteiger charge is -2.28. The SMILES string of the molecule is CC(C)c1ccc(CC(=O)Nc2ccn(CC3CCC(F)(F)CO3)n2)cc1. The molecule has 1 N–H and O–H groups in total. The molecule has 1 saturated heterocycles. The van der Waals surface area contributed by atoms with Crippen molar-refractivity contribution in [2.75, 3.05) is 11.9 Å². The number of alkyl halides is 2. The number of hydrogen-bond donors (Lipinski definition) is 1. The minimum atomic E-state index is -2.73. The molecule has 1 atom stereocenters. The predicted molar refractivity (Wildman–Crippen MR) is 99.0 cm³/mol. The van der Waals surface area contributed by atoms with Crippen LogP contribution in [0, 0.1) is 0 Å². The first-order valence-electron chi connectivity index (χ1n) is 9.22. The van der Waals surface area contributed by atoms with Crippen LogP contribution in [0.5, 0.6) is 0 Å². The second-order valence-corrected chi connectivity index (χ2v) is 7.37. The Hall–Kier alpha value is -2.28. The number of hydrogen-bond acceptors (Lipinski definition) is 3. The maximum Gasteiger partial charge on any atom is 0.271 e. The Morgan fingerprint density at radius 1 is 1.33 bits per heavy atom. The van der Waals surface area contributed by atoms with Crippen molar-refractivity contribution < 1.29 is 18.3 Å². The number of rotatable bonds is 6. The molecule has 1 aliphatic rings.